The highest BCUT2D eigenvalue weighted by Gasteiger charge is 2.58. The first-order chi connectivity index (χ1) is 16.5. The van der Waals surface area contributed by atoms with Crippen LogP contribution in [0.2, 0.25) is 0 Å². The second-order valence-electron chi connectivity index (χ2n) is 7.72. The Bertz CT molecular complexity index is 1050. The van der Waals surface area contributed by atoms with Crippen LogP contribution < -0.4 is 19.9 Å². The Morgan fingerprint density at radius 2 is 1.85 bits per heavy atom. The molecule has 1 amide bonds. The predicted molar refractivity (Wildman–Crippen MR) is 117 cm³/mol. The third kappa shape index (κ3) is 5.09. The number of hydrogen-bond acceptors (Lipinski definition) is 9. The zero-order valence-electron chi connectivity index (χ0n) is 18.9. The number of hydrogen-bond donors (Lipinski definition) is 2. The van der Waals surface area contributed by atoms with Crippen LogP contribution in [0.15, 0.2) is 42.6 Å². The van der Waals surface area contributed by atoms with Crippen molar-refractivity contribution in [2.75, 3.05) is 18.6 Å². The molecule has 2 N–H and O–H groups in total. The fraction of sp³-hybridized carbons (Fsp3) is 0.435. The average molecular weight is 471 g/mol. The van der Waals surface area contributed by atoms with Crippen molar-refractivity contribution >= 4 is 23.7 Å². The van der Waals surface area contributed by atoms with Crippen LogP contribution >= 0.6 is 0 Å². The monoisotopic (exact) mass is 471 g/mol. The lowest BCUT2D eigenvalue weighted by atomic mass is 10.1. The third-order valence-corrected chi connectivity index (χ3v) is 5.44. The Hall–Kier alpha value is -3.73. The molecular formula is C23H27N4O7+. The maximum atomic E-state index is 12.2. The van der Waals surface area contributed by atoms with Crippen molar-refractivity contribution in [1.29, 1.82) is 0 Å². The number of carbonyl (C=O) groups excluding carboxylic acids is 3. The van der Waals surface area contributed by atoms with E-state index in [4.69, 9.17) is 18.9 Å². The van der Waals surface area contributed by atoms with E-state index in [2.05, 4.69) is 15.6 Å². The number of nitrogens with one attached hydrogen (secondary N) is 2. The van der Waals surface area contributed by atoms with E-state index in [1.807, 2.05) is 6.07 Å². The predicted octanol–water partition coefficient (Wildman–Crippen LogP) is 1.10. The van der Waals surface area contributed by atoms with Crippen molar-refractivity contribution in [3.63, 3.8) is 0 Å². The van der Waals surface area contributed by atoms with E-state index in [0.29, 0.717) is 11.4 Å². The van der Waals surface area contributed by atoms with Gasteiger partial charge in [-0.2, -0.15) is 4.57 Å². The maximum absolute atomic E-state index is 12.2. The highest BCUT2D eigenvalue weighted by Crippen LogP contribution is 2.36. The molecule has 1 saturated heterocycles. The molecule has 1 aromatic heterocycles. The number of benzene rings is 1. The number of carbonyl (C=O) groups is 3. The first-order valence-corrected chi connectivity index (χ1v) is 11.2. The second kappa shape index (κ2) is 10.5. The highest BCUT2D eigenvalue weighted by atomic mass is 16.7. The number of amides is 1. The van der Waals surface area contributed by atoms with E-state index >= 15 is 0 Å². The van der Waals surface area contributed by atoms with Crippen LogP contribution in [0.3, 0.4) is 0 Å². The minimum absolute atomic E-state index is 0.0469. The van der Waals surface area contributed by atoms with Crippen molar-refractivity contribution < 1.29 is 37.9 Å². The molecule has 0 aliphatic carbocycles. The van der Waals surface area contributed by atoms with E-state index in [1.54, 1.807) is 54.9 Å². The van der Waals surface area contributed by atoms with Gasteiger partial charge in [0.2, 0.25) is 18.1 Å². The van der Waals surface area contributed by atoms with Crippen LogP contribution in [0.4, 0.5) is 5.82 Å². The number of nitrogens with zero attached hydrogens (tertiary/aromatic N) is 2. The molecule has 34 heavy (non-hydrogen) atoms. The summed E-state index contributed by atoms with van der Waals surface area (Å²) < 4.78 is 24.5. The van der Waals surface area contributed by atoms with Gasteiger partial charge in [-0.05, 0) is 12.1 Å². The molecule has 2 aliphatic rings. The van der Waals surface area contributed by atoms with Crippen LogP contribution in [-0.4, -0.2) is 54.4 Å². The van der Waals surface area contributed by atoms with Crippen molar-refractivity contribution in [3.8, 4) is 6.01 Å². The van der Waals surface area contributed by atoms with Crippen molar-refractivity contribution in [1.82, 2.24) is 10.3 Å². The Morgan fingerprint density at radius 3 is 2.59 bits per heavy atom. The fourth-order valence-electron chi connectivity index (χ4n) is 3.67. The van der Waals surface area contributed by atoms with Gasteiger partial charge in [-0.1, -0.05) is 32.0 Å². The number of fused-ring (bicyclic) bond motifs is 3. The number of ether oxygens (including phenoxy) is 4. The van der Waals surface area contributed by atoms with Crippen LogP contribution in [0.1, 0.15) is 43.3 Å². The molecule has 2 aromatic rings. The summed E-state index contributed by atoms with van der Waals surface area (Å²) in [5.41, 5.74) is 0.557. The van der Waals surface area contributed by atoms with Crippen LogP contribution in [0.5, 0.6) is 6.01 Å². The van der Waals surface area contributed by atoms with E-state index in [-0.39, 0.29) is 44.0 Å². The molecule has 1 aromatic carbocycles. The molecule has 11 heteroatoms. The zero-order chi connectivity index (χ0) is 24.1. The molecule has 4 rings (SSSR count). The van der Waals surface area contributed by atoms with Gasteiger partial charge in [0, 0.05) is 29.5 Å². The van der Waals surface area contributed by atoms with Crippen LogP contribution in [0, 0.1) is 0 Å². The zero-order valence-corrected chi connectivity index (χ0v) is 18.9. The number of esters is 2. The normalized spacial score (nSPS) is 22.2. The van der Waals surface area contributed by atoms with Gasteiger partial charge < -0.3 is 29.6 Å². The fourth-order valence-corrected chi connectivity index (χ4v) is 3.67. The van der Waals surface area contributed by atoms with Gasteiger partial charge in [0.15, 0.2) is 6.10 Å². The van der Waals surface area contributed by atoms with Gasteiger partial charge in [0.25, 0.3) is 5.91 Å². The molecule has 2 aliphatic heterocycles. The van der Waals surface area contributed by atoms with Crippen molar-refractivity contribution in [2.45, 2.75) is 51.2 Å². The summed E-state index contributed by atoms with van der Waals surface area (Å²) in [6.45, 7) is 3.50. The Morgan fingerprint density at radius 1 is 1.09 bits per heavy atom. The van der Waals surface area contributed by atoms with Gasteiger partial charge in [0.1, 0.15) is 18.9 Å². The lowest BCUT2D eigenvalue weighted by Crippen LogP contribution is -2.41. The summed E-state index contributed by atoms with van der Waals surface area (Å²) in [4.78, 5) is 40.2. The van der Waals surface area contributed by atoms with Crippen molar-refractivity contribution in [2.24, 2.45) is 0 Å². The van der Waals surface area contributed by atoms with Gasteiger partial charge >= 0.3 is 17.9 Å². The largest absolute Gasteiger partial charge is 0.503 e. The molecule has 3 heterocycles. The summed E-state index contributed by atoms with van der Waals surface area (Å²) in [6, 6.07) is 10.9. The minimum Gasteiger partial charge on any atom is -0.463 e. The number of anilines is 1. The summed E-state index contributed by atoms with van der Waals surface area (Å²) in [5, 5.41) is 5.78. The topological polar surface area (TPSA) is 129 Å². The lowest BCUT2D eigenvalue weighted by Gasteiger charge is -2.20. The quantitative estimate of drug-likeness (QED) is 0.314. The molecule has 180 valence electrons. The van der Waals surface area contributed by atoms with Gasteiger partial charge in [-0.3, -0.25) is 14.4 Å². The minimum atomic E-state index is -0.759. The molecule has 0 spiro atoms. The van der Waals surface area contributed by atoms with E-state index in [9.17, 15) is 14.4 Å². The maximum Gasteiger partial charge on any atom is 0.503 e. The molecule has 4 atom stereocenters. The van der Waals surface area contributed by atoms with E-state index < -0.39 is 30.5 Å². The van der Waals surface area contributed by atoms with Gasteiger partial charge in [-0.25, -0.2) is 0 Å². The molecule has 11 nitrogen and oxygen atoms in total. The Kier molecular flexibility index (Phi) is 7.21. The summed E-state index contributed by atoms with van der Waals surface area (Å²) in [6.07, 6.45) is -0.489. The average Bonchev–Trinajstić information content (AvgIpc) is 3.38. The van der Waals surface area contributed by atoms with Crippen LogP contribution in [0.25, 0.3) is 0 Å². The highest BCUT2D eigenvalue weighted by molar-refractivity contribution is 5.94. The van der Waals surface area contributed by atoms with E-state index in [0.717, 1.165) is 0 Å². The number of aromatic nitrogens is 2. The lowest BCUT2D eigenvalue weighted by molar-refractivity contribution is -0.746. The first-order valence-electron chi connectivity index (χ1n) is 11.2. The standard InChI is InChI=1S/C23H26N4O7/c1-3-17(28)31-12-15-19(33-18(29)4-2)20-22(32-15)27-11-10-16(26-23(27)34-20)24-13-25-21(30)14-8-6-5-7-9-14/h5-11,15,19-20,22H,3-4,12-13H2,1-2H3,(H,25,30)/p+1/t15-,19-,20+,22-/m1/s1. The molecule has 0 unspecified atom stereocenters. The molecular weight excluding hydrogens is 444 g/mol. The first kappa shape index (κ1) is 23.4. The van der Waals surface area contributed by atoms with Gasteiger partial charge in [-0.15, -0.1) is 0 Å². The summed E-state index contributed by atoms with van der Waals surface area (Å²) >= 11 is 0. The van der Waals surface area contributed by atoms with Crippen LogP contribution in [-0.2, 0) is 23.8 Å². The Balaban J connectivity index is 1.40. The molecule has 0 bridgehead atoms. The van der Waals surface area contributed by atoms with Crippen molar-refractivity contribution in [3.05, 3.63) is 48.2 Å². The molecule has 0 saturated carbocycles. The Labute approximate surface area is 196 Å². The summed E-state index contributed by atoms with van der Waals surface area (Å²) in [7, 11) is 0. The molecule has 0 radical (unpaired) electrons. The summed E-state index contributed by atoms with van der Waals surface area (Å²) in [5.74, 6) is -0.504. The van der Waals surface area contributed by atoms with Gasteiger partial charge in [0.05, 0.1) is 6.67 Å². The molecule has 1 fully saturated rings. The number of rotatable bonds is 9. The third-order valence-electron chi connectivity index (χ3n) is 5.44. The SMILES string of the molecule is CCC(=O)OC[C@H]1O[C@@H]2[C@@H](Oc3nc(NCNC(=O)c4ccccc4)cc[n+]32)[C@@H]1OC(=O)CC. The smallest absolute Gasteiger partial charge is 0.463 e. The van der Waals surface area contributed by atoms with E-state index in [1.165, 1.54) is 0 Å². The second-order valence-corrected chi connectivity index (χ2v) is 7.72.